The van der Waals surface area contributed by atoms with Gasteiger partial charge in [-0.2, -0.15) is 4.98 Å². The molecule has 8 heteroatoms. The van der Waals surface area contributed by atoms with Crippen LogP contribution in [0.2, 0.25) is 5.28 Å². The largest absolute Gasteiger partial charge is 0.393 e. The third-order valence-electron chi connectivity index (χ3n) is 4.56. The van der Waals surface area contributed by atoms with Crippen molar-refractivity contribution in [2.75, 3.05) is 4.90 Å². The molecule has 0 saturated heterocycles. The Labute approximate surface area is 133 Å². The van der Waals surface area contributed by atoms with Crippen molar-refractivity contribution >= 4 is 17.4 Å². The van der Waals surface area contributed by atoms with Crippen molar-refractivity contribution in [2.45, 2.75) is 51.3 Å². The van der Waals surface area contributed by atoms with Crippen LogP contribution in [0.15, 0.2) is 6.20 Å². The number of hydrogen-bond donors (Lipinski definition) is 1. The molecule has 1 N–H and O–H groups in total. The molecule has 0 radical (unpaired) electrons. The number of nitrogens with zero attached hydrogens (tertiary/aromatic N) is 6. The molecule has 1 aliphatic carbocycles. The van der Waals surface area contributed by atoms with Crippen LogP contribution >= 0.6 is 11.6 Å². The molecule has 1 saturated carbocycles. The summed E-state index contributed by atoms with van der Waals surface area (Å²) in [6.07, 6.45) is 3.85. The van der Waals surface area contributed by atoms with Crippen molar-refractivity contribution in [3.8, 4) is 5.69 Å². The minimum Gasteiger partial charge on any atom is -0.393 e. The molecule has 0 spiro atoms. The third-order valence-corrected chi connectivity index (χ3v) is 4.74. The summed E-state index contributed by atoms with van der Waals surface area (Å²) in [6.45, 7) is 4.04. The lowest BCUT2D eigenvalue weighted by molar-refractivity contribution is 0.0688. The van der Waals surface area contributed by atoms with Crippen LogP contribution in [0.5, 0.6) is 0 Å². The van der Waals surface area contributed by atoms with E-state index >= 15 is 0 Å². The fourth-order valence-electron chi connectivity index (χ4n) is 3.45. The van der Waals surface area contributed by atoms with E-state index in [0.717, 1.165) is 42.4 Å². The molecule has 1 fully saturated rings. The SMILES string of the molecule is CC[C@@H]1c2nnc(C)n2-c2cnc(Cl)nc2N1C1CC(O)C1. The summed E-state index contributed by atoms with van der Waals surface area (Å²) in [6, 6.07) is 0.326. The van der Waals surface area contributed by atoms with Gasteiger partial charge in [0, 0.05) is 6.04 Å². The standard InChI is InChI=1S/C14H17ClN6O/c1-3-10-13-19-18-7(2)20(13)11-6-16-14(15)17-12(11)21(10)8-4-9(22)5-8/h6,8-10,22H,3-5H2,1-2H3/t8?,9?,10-/m1/s1. The third kappa shape index (κ3) is 1.85. The normalized spacial score (nSPS) is 26.4. The highest BCUT2D eigenvalue weighted by molar-refractivity contribution is 6.28. The molecule has 1 aliphatic heterocycles. The number of aromatic nitrogens is 5. The van der Waals surface area contributed by atoms with Crippen molar-refractivity contribution in [3.05, 3.63) is 23.1 Å². The van der Waals surface area contributed by atoms with Crippen molar-refractivity contribution in [1.29, 1.82) is 0 Å². The van der Waals surface area contributed by atoms with Crippen LogP contribution in [0, 0.1) is 6.92 Å². The van der Waals surface area contributed by atoms with Crippen molar-refractivity contribution < 1.29 is 5.11 Å². The van der Waals surface area contributed by atoms with Gasteiger partial charge >= 0.3 is 0 Å². The zero-order valence-electron chi connectivity index (χ0n) is 12.4. The maximum atomic E-state index is 9.69. The summed E-state index contributed by atoms with van der Waals surface area (Å²) in [5, 5.41) is 18.5. The predicted molar refractivity (Wildman–Crippen MR) is 81.2 cm³/mol. The molecule has 1 atom stereocenters. The van der Waals surface area contributed by atoms with Crippen LogP contribution in [0.3, 0.4) is 0 Å². The molecule has 0 unspecified atom stereocenters. The second kappa shape index (κ2) is 4.89. The highest BCUT2D eigenvalue weighted by Crippen LogP contribution is 2.43. The molecule has 7 nitrogen and oxygen atoms in total. The number of aliphatic hydroxyl groups is 1. The number of aliphatic hydroxyl groups excluding tert-OH is 1. The Morgan fingerprint density at radius 3 is 2.82 bits per heavy atom. The van der Waals surface area contributed by atoms with E-state index in [0.29, 0.717) is 0 Å². The van der Waals surface area contributed by atoms with Gasteiger partial charge in [0.25, 0.3) is 0 Å². The van der Waals surface area contributed by atoms with Crippen LogP contribution in [0.4, 0.5) is 5.82 Å². The monoisotopic (exact) mass is 320 g/mol. The van der Waals surface area contributed by atoms with Crippen LogP contribution in [-0.2, 0) is 0 Å². The number of rotatable bonds is 2. The van der Waals surface area contributed by atoms with Gasteiger partial charge in [0.2, 0.25) is 5.28 Å². The Hall–Kier alpha value is -1.73. The number of halogens is 1. The highest BCUT2D eigenvalue weighted by Gasteiger charge is 2.42. The van der Waals surface area contributed by atoms with Crippen molar-refractivity contribution in [1.82, 2.24) is 24.7 Å². The van der Waals surface area contributed by atoms with Gasteiger partial charge in [-0.25, -0.2) is 4.98 Å². The minimum atomic E-state index is -0.232. The second-order valence-electron chi connectivity index (χ2n) is 5.90. The molecule has 0 amide bonds. The van der Waals surface area contributed by atoms with Crippen molar-refractivity contribution in [2.24, 2.45) is 0 Å². The Bertz CT molecular complexity index is 726. The summed E-state index contributed by atoms with van der Waals surface area (Å²) in [4.78, 5) is 10.8. The lowest BCUT2D eigenvalue weighted by atomic mass is 9.86. The van der Waals surface area contributed by atoms with E-state index in [-0.39, 0.29) is 23.5 Å². The molecule has 4 rings (SSSR count). The molecular weight excluding hydrogens is 304 g/mol. The molecule has 22 heavy (non-hydrogen) atoms. The molecular formula is C14H17ClN6O. The Balaban J connectivity index is 1.91. The number of aryl methyl sites for hydroxylation is 1. The summed E-state index contributed by atoms with van der Waals surface area (Å²) < 4.78 is 2.01. The van der Waals surface area contributed by atoms with Gasteiger partial charge in [-0.3, -0.25) is 4.57 Å². The van der Waals surface area contributed by atoms with E-state index in [1.54, 1.807) is 6.20 Å². The van der Waals surface area contributed by atoms with Crippen LogP contribution in [0.25, 0.3) is 5.69 Å². The van der Waals surface area contributed by atoms with E-state index in [9.17, 15) is 5.11 Å². The average Bonchev–Trinajstić information content (AvgIpc) is 2.85. The van der Waals surface area contributed by atoms with E-state index in [4.69, 9.17) is 11.6 Å². The second-order valence-corrected chi connectivity index (χ2v) is 6.24. The van der Waals surface area contributed by atoms with Crippen molar-refractivity contribution in [3.63, 3.8) is 0 Å². The molecule has 3 heterocycles. The van der Waals surface area contributed by atoms with Gasteiger partial charge in [0.15, 0.2) is 11.6 Å². The molecule has 2 aliphatic rings. The number of fused-ring (bicyclic) bond motifs is 3. The van der Waals surface area contributed by atoms with E-state index < -0.39 is 0 Å². The van der Waals surface area contributed by atoms with Gasteiger partial charge < -0.3 is 10.0 Å². The topological polar surface area (TPSA) is 80.0 Å². The molecule has 2 aromatic rings. The lowest BCUT2D eigenvalue weighted by Gasteiger charge is -2.47. The Kier molecular flexibility index (Phi) is 3.09. The maximum Gasteiger partial charge on any atom is 0.224 e. The van der Waals surface area contributed by atoms with Gasteiger partial charge in [-0.15, -0.1) is 10.2 Å². The van der Waals surface area contributed by atoms with Crippen LogP contribution in [-0.4, -0.2) is 42.0 Å². The van der Waals surface area contributed by atoms with Crippen LogP contribution in [0.1, 0.15) is 43.9 Å². The van der Waals surface area contributed by atoms with Gasteiger partial charge in [0.05, 0.1) is 18.3 Å². The predicted octanol–water partition coefficient (Wildman–Crippen LogP) is 1.81. The first-order valence-electron chi connectivity index (χ1n) is 7.51. The zero-order valence-corrected chi connectivity index (χ0v) is 13.2. The van der Waals surface area contributed by atoms with Gasteiger partial charge in [-0.1, -0.05) is 6.92 Å². The minimum absolute atomic E-state index is 0.0807. The molecule has 0 aromatic carbocycles. The smallest absolute Gasteiger partial charge is 0.224 e. The Morgan fingerprint density at radius 2 is 2.14 bits per heavy atom. The number of anilines is 1. The maximum absolute atomic E-state index is 9.69. The van der Waals surface area contributed by atoms with Crippen LogP contribution < -0.4 is 4.90 Å². The van der Waals surface area contributed by atoms with E-state index in [1.807, 2.05) is 11.5 Å². The Morgan fingerprint density at radius 1 is 1.36 bits per heavy atom. The molecule has 0 bridgehead atoms. The highest BCUT2D eigenvalue weighted by atomic mass is 35.5. The molecule has 2 aromatic heterocycles. The van der Waals surface area contributed by atoms with Gasteiger partial charge in [-0.05, 0) is 37.8 Å². The summed E-state index contributed by atoms with van der Waals surface area (Å²) in [5.74, 6) is 2.52. The van der Waals surface area contributed by atoms with E-state index in [2.05, 4.69) is 32.0 Å². The summed E-state index contributed by atoms with van der Waals surface area (Å²) in [7, 11) is 0. The number of hydrogen-bond acceptors (Lipinski definition) is 6. The zero-order chi connectivity index (χ0) is 15.4. The quantitative estimate of drug-likeness (QED) is 0.850. The fourth-order valence-corrected chi connectivity index (χ4v) is 3.58. The molecule has 116 valence electrons. The fraction of sp³-hybridized carbons (Fsp3) is 0.571. The first-order chi connectivity index (χ1) is 10.6. The lowest BCUT2D eigenvalue weighted by Crippen LogP contribution is -2.51. The summed E-state index contributed by atoms with van der Waals surface area (Å²) in [5.41, 5.74) is 0.855. The first-order valence-corrected chi connectivity index (χ1v) is 7.89. The first kappa shape index (κ1) is 13.9. The average molecular weight is 321 g/mol. The summed E-state index contributed by atoms with van der Waals surface area (Å²) >= 11 is 6.03. The van der Waals surface area contributed by atoms with E-state index in [1.165, 1.54) is 0 Å². The van der Waals surface area contributed by atoms with Gasteiger partial charge in [0.1, 0.15) is 11.5 Å².